The van der Waals surface area contributed by atoms with E-state index in [4.69, 9.17) is 9.15 Å². The third kappa shape index (κ3) is 5.12. The van der Waals surface area contributed by atoms with E-state index >= 15 is 0 Å². The first-order valence-corrected chi connectivity index (χ1v) is 10.1. The first-order chi connectivity index (χ1) is 14.7. The Morgan fingerprint density at radius 3 is 2.55 bits per heavy atom. The average Bonchev–Trinajstić information content (AvgIpc) is 3.46. The van der Waals surface area contributed by atoms with Crippen LogP contribution in [0.2, 0.25) is 0 Å². The van der Waals surface area contributed by atoms with Gasteiger partial charge in [0.15, 0.2) is 11.6 Å². The van der Waals surface area contributed by atoms with Crippen LogP contribution in [0.4, 0.5) is 0 Å². The monoisotopic (exact) mass is 446 g/mol. The van der Waals surface area contributed by atoms with Crippen molar-refractivity contribution >= 4 is 18.3 Å². The molecule has 1 atom stereocenters. The standard InChI is InChI=1S/C21H26N6O3.ClH/c1-16-5-7-17(8-6-16)19(20-22-23-24-27(20)13-15-29-2)25-9-11-26(12-10-25)21(28)18-4-3-14-30-18;/h3-8,14,19H,9-13,15H2,1-2H3;1H. The maximum Gasteiger partial charge on any atom is 0.289 e. The summed E-state index contributed by atoms with van der Waals surface area (Å²) >= 11 is 0. The van der Waals surface area contributed by atoms with E-state index in [1.54, 1.807) is 23.9 Å². The normalized spacial score (nSPS) is 15.5. The van der Waals surface area contributed by atoms with Gasteiger partial charge in [-0.15, -0.1) is 17.5 Å². The SMILES string of the molecule is COCCn1nnnc1C(c1ccc(C)cc1)N1CCN(C(=O)c2ccco2)CC1.Cl. The molecule has 1 amide bonds. The molecule has 10 heteroatoms. The second kappa shape index (κ2) is 10.5. The quantitative estimate of drug-likeness (QED) is 0.549. The van der Waals surface area contributed by atoms with E-state index in [9.17, 15) is 4.79 Å². The number of ether oxygens (including phenoxy) is 1. The van der Waals surface area contributed by atoms with Gasteiger partial charge in [0, 0.05) is 33.3 Å². The number of nitrogens with zero attached hydrogens (tertiary/aromatic N) is 6. The molecule has 1 unspecified atom stereocenters. The van der Waals surface area contributed by atoms with E-state index < -0.39 is 0 Å². The molecule has 0 radical (unpaired) electrons. The molecular weight excluding hydrogens is 420 g/mol. The summed E-state index contributed by atoms with van der Waals surface area (Å²) in [5.41, 5.74) is 2.32. The predicted octanol–water partition coefficient (Wildman–Crippen LogP) is 2.19. The third-order valence-electron chi connectivity index (χ3n) is 5.40. The fourth-order valence-corrected chi connectivity index (χ4v) is 3.76. The fourth-order valence-electron chi connectivity index (χ4n) is 3.76. The topological polar surface area (TPSA) is 89.5 Å². The number of aromatic nitrogens is 4. The largest absolute Gasteiger partial charge is 0.459 e. The summed E-state index contributed by atoms with van der Waals surface area (Å²) in [5.74, 6) is 1.08. The van der Waals surface area contributed by atoms with E-state index in [1.165, 1.54) is 11.8 Å². The lowest BCUT2D eigenvalue weighted by atomic mass is 10.0. The molecule has 0 spiro atoms. The Kier molecular flexibility index (Phi) is 7.78. The molecule has 3 heterocycles. The van der Waals surface area contributed by atoms with Gasteiger partial charge >= 0.3 is 0 Å². The summed E-state index contributed by atoms with van der Waals surface area (Å²) in [5, 5.41) is 12.4. The van der Waals surface area contributed by atoms with Gasteiger partial charge in [0.1, 0.15) is 0 Å². The van der Waals surface area contributed by atoms with Crippen LogP contribution in [0.1, 0.15) is 33.5 Å². The van der Waals surface area contributed by atoms with Crippen molar-refractivity contribution in [1.29, 1.82) is 0 Å². The maximum absolute atomic E-state index is 12.6. The highest BCUT2D eigenvalue weighted by atomic mass is 35.5. The van der Waals surface area contributed by atoms with E-state index in [0.717, 1.165) is 11.4 Å². The number of rotatable bonds is 7. The van der Waals surface area contributed by atoms with Crippen LogP contribution in [-0.2, 0) is 11.3 Å². The average molecular weight is 447 g/mol. The number of tetrazole rings is 1. The van der Waals surface area contributed by atoms with Crippen LogP contribution in [0.15, 0.2) is 47.1 Å². The van der Waals surface area contributed by atoms with Crippen LogP contribution < -0.4 is 0 Å². The maximum atomic E-state index is 12.6. The van der Waals surface area contributed by atoms with Gasteiger partial charge < -0.3 is 14.1 Å². The Bertz CT molecular complexity index is 952. The van der Waals surface area contributed by atoms with Crippen molar-refractivity contribution < 1.29 is 13.9 Å². The molecule has 4 rings (SSSR count). The Labute approximate surface area is 187 Å². The van der Waals surface area contributed by atoms with Crippen molar-refractivity contribution in [2.75, 3.05) is 39.9 Å². The second-order valence-electron chi connectivity index (χ2n) is 7.37. The smallest absolute Gasteiger partial charge is 0.289 e. The highest BCUT2D eigenvalue weighted by molar-refractivity contribution is 5.91. The summed E-state index contributed by atoms with van der Waals surface area (Å²) < 4.78 is 12.3. The number of halogens is 1. The van der Waals surface area contributed by atoms with Crippen molar-refractivity contribution in [2.24, 2.45) is 0 Å². The number of methoxy groups -OCH3 is 1. The van der Waals surface area contributed by atoms with Crippen LogP contribution >= 0.6 is 12.4 Å². The van der Waals surface area contributed by atoms with Crippen molar-refractivity contribution in [1.82, 2.24) is 30.0 Å². The summed E-state index contributed by atoms with van der Waals surface area (Å²) in [7, 11) is 1.66. The van der Waals surface area contributed by atoms with Crippen LogP contribution in [-0.4, -0.2) is 75.8 Å². The van der Waals surface area contributed by atoms with Crippen LogP contribution in [0.3, 0.4) is 0 Å². The minimum absolute atomic E-state index is 0. The molecule has 31 heavy (non-hydrogen) atoms. The Hall–Kier alpha value is -2.75. The highest BCUT2D eigenvalue weighted by Gasteiger charge is 2.32. The van der Waals surface area contributed by atoms with Crippen LogP contribution in [0.5, 0.6) is 0 Å². The molecule has 9 nitrogen and oxygen atoms in total. The van der Waals surface area contributed by atoms with E-state index in [-0.39, 0.29) is 24.4 Å². The molecule has 0 N–H and O–H groups in total. The van der Waals surface area contributed by atoms with Gasteiger partial charge in [-0.3, -0.25) is 9.69 Å². The summed E-state index contributed by atoms with van der Waals surface area (Å²) in [6, 6.07) is 11.8. The molecule has 1 saturated heterocycles. The second-order valence-corrected chi connectivity index (χ2v) is 7.37. The Morgan fingerprint density at radius 2 is 1.90 bits per heavy atom. The van der Waals surface area contributed by atoms with E-state index in [0.29, 0.717) is 45.1 Å². The predicted molar refractivity (Wildman–Crippen MR) is 116 cm³/mol. The fraction of sp³-hybridized carbons (Fsp3) is 0.429. The minimum atomic E-state index is -0.0988. The lowest BCUT2D eigenvalue weighted by Crippen LogP contribution is -2.50. The summed E-state index contributed by atoms with van der Waals surface area (Å²) in [6.07, 6.45) is 1.52. The number of piperazine rings is 1. The highest BCUT2D eigenvalue weighted by Crippen LogP contribution is 2.28. The number of benzene rings is 1. The minimum Gasteiger partial charge on any atom is -0.459 e. The molecule has 0 aliphatic carbocycles. The number of hydrogen-bond donors (Lipinski definition) is 0. The molecule has 166 valence electrons. The van der Waals surface area contributed by atoms with Crippen molar-refractivity contribution in [2.45, 2.75) is 19.5 Å². The van der Waals surface area contributed by atoms with Gasteiger partial charge in [0.05, 0.1) is 25.5 Å². The number of aryl methyl sites for hydroxylation is 1. The zero-order chi connectivity index (χ0) is 20.9. The molecule has 2 aromatic heterocycles. The third-order valence-corrected chi connectivity index (χ3v) is 5.40. The zero-order valence-electron chi connectivity index (χ0n) is 17.7. The number of carbonyl (C=O) groups is 1. The number of carbonyl (C=O) groups excluding carboxylic acids is 1. The molecule has 3 aromatic rings. The van der Waals surface area contributed by atoms with Crippen LogP contribution in [0, 0.1) is 6.92 Å². The van der Waals surface area contributed by atoms with Crippen molar-refractivity contribution in [3.05, 3.63) is 65.4 Å². The van der Waals surface area contributed by atoms with Gasteiger partial charge in [-0.1, -0.05) is 29.8 Å². The molecule has 0 saturated carbocycles. The number of furan rings is 1. The summed E-state index contributed by atoms with van der Waals surface area (Å²) in [6.45, 7) is 5.83. The van der Waals surface area contributed by atoms with E-state index in [2.05, 4.69) is 51.6 Å². The molecule has 1 aromatic carbocycles. The summed E-state index contributed by atoms with van der Waals surface area (Å²) in [4.78, 5) is 16.8. The van der Waals surface area contributed by atoms with E-state index in [1.807, 2.05) is 4.90 Å². The first kappa shape index (κ1) is 22.9. The van der Waals surface area contributed by atoms with Crippen molar-refractivity contribution in [3.8, 4) is 0 Å². The zero-order valence-corrected chi connectivity index (χ0v) is 18.5. The first-order valence-electron chi connectivity index (χ1n) is 10.1. The lowest BCUT2D eigenvalue weighted by Gasteiger charge is -2.38. The Balaban J connectivity index is 0.00000272. The lowest BCUT2D eigenvalue weighted by molar-refractivity contribution is 0.0558. The van der Waals surface area contributed by atoms with Crippen molar-refractivity contribution in [3.63, 3.8) is 0 Å². The van der Waals surface area contributed by atoms with Gasteiger partial charge in [-0.2, -0.15) is 0 Å². The molecule has 1 aliphatic heterocycles. The molecule has 0 bridgehead atoms. The van der Waals surface area contributed by atoms with Gasteiger partial charge in [-0.25, -0.2) is 4.68 Å². The van der Waals surface area contributed by atoms with Gasteiger partial charge in [0.2, 0.25) is 0 Å². The molecule has 1 aliphatic rings. The number of hydrogen-bond acceptors (Lipinski definition) is 7. The number of amides is 1. The molecular formula is C21H27ClN6O3. The molecule has 1 fully saturated rings. The van der Waals surface area contributed by atoms with Crippen LogP contribution in [0.25, 0.3) is 0 Å². The van der Waals surface area contributed by atoms with Gasteiger partial charge in [-0.05, 0) is 35.0 Å². The van der Waals surface area contributed by atoms with Gasteiger partial charge in [0.25, 0.3) is 5.91 Å². The Morgan fingerprint density at radius 1 is 1.16 bits per heavy atom.